The number of hydrogen-bond donors (Lipinski definition) is 4. The van der Waals surface area contributed by atoms with Crippen molar-refractivity contribution in [3.63, 3.8) is 0 Å². The number of fused-ring (bicyclic) bond motifs is 1. The first-order valence-corrected chi connectivity index (χ1v) is 10.7. The molecule has 10 heteroatoms. The van der Waals surface area contributed by atoms with Gasteiger partial charge in [0.1, 0.15) is 24.6 Å². The van der Waals surface area contributed by atoms with Crippen LogP contribution in [-0.4, -0.2) is 71.2 Å². The highest BCUT2D eigenvalue weighted by Crippen LogP contribution is 2.32. The van der Waals surface area contributed by atoms with Gasteiger partial charge in [0.15, 0.2) is 23.2 Å². The molecule has 9 nitrogen and oxygen atoms in total. The highest BCUT2D eigenvalue weighted by atomic mass is 35.5. The molecule has 0 spiro atoms. The van der Waals surface area contributed by atoms with Gasteiger partial charge in [0.05, 0.1) is 24.4 Å². The van der Waals surface area contributed by atoms with E-state index in [1.165, 1.54) is 12.7 Å². The number of halogens is 1. The van der Waals surface area contributed by atoms with Gasteiger partial charge in [-0.3, -0.25) is 4.57 Å². The number of aliphatic hydroxyl groups excluding tert-OH is 3. The molecule has 2 unspecified atom stereocenters. The molecule has 2 aromatic heterocycles. The fraction of sp³-hybridized carbons (Fsp3) is 0.737. The maximum absolute atomic E-state index is 10.2. The maximum Gasteiger partial charge on any atom is 0.167 e. The summed E-state index contributed by atoms with van der Waals surface area (Å²) in [5.74, 6) is 0.543. The van der Waals surface area contributed by atoms with Gasteiger partial charge in [0.25, 0.3) is 0 Å². The van der Waals surface area contributed by atoms with Crippen LogP contribution in [0.1, 0.15) is 54.2 Å². The Kier molecular flexibility index (Phi) is 10.8. The summed E-state index contributed by atoms with van der Waals surface area (Å²) >= 11 is 5.76. The van der Waals surface area contributed by atoms with Crippen LogP contribution in [0.25, 0.3) is 11.2 Å². The zero-order chi connectivity index (χ0) is 22.1. The van der Waals surface area contributed by atoms with E-state index >= 15 is 0 Å². The second-order valence-corrected chi connectivity index (χ2v) is 6.46. The Hall–Kier alpha value is -1.52. The topological polar surface area (TPSA) is 126 Å². The van der Waals surface area contributed by atoms with E-state index in [0.29, 0.717) is 23.4 Å². The zero-order valence-electron chi connectivity index (χ0n) is 17.9. The number of nitrogens with zero attached hydrogens (tertiary/aromatic N) is 4. The van der Waals surface area contributed by atoms with E-state index in [2.05, 4.69) is 20.3 Å². The Morgan fingerprint density at radius 1 is 1.17 bits per heavy atom. The number of nitrogens with one attached hydrogen (secondary N) is 1. The molecule has 0 aliphatic carbocycles. The van der Waals surface area contributed by atoms with E-state index in [-0.39, 0.29) is 11.9 Å². The number of alkyl halides is 1. The lowest BCUT2D eigenvalue weighted by Gasteiger charge is -2.19. The van der Waals surface area contributed by atoms with Crippen molar-refractivity contribution in [2.75, 3.05) is 11.2 Å². The van der Waals surface area contributed by atoms with Crippen LogP contribution in [0.3, 0.4) is 0 Å². The summed E-state index contributed by atoms with van der Waals surface area (Å²) in [6.07, 6.45) is -0.813. The van der Waals surface area contributed by atoms with Crippen LogP contribution in [0.15, 0.2) is 12.7 Å². The first kappa shape index (κ1) is 25.5. The van der Waals surface area contributed by atoms with Gasteiger partial charge in [0, 0.05) is 0 Å². The van der Waals surface area contributed by atoms with E-state index in [1.54, 1.807) is 4.57 Å². The largest absolute Gasteiger partial charge is 0.391 e. The van der Waals surface area contributed by atoms with Crippen LogP contribution >= 0.6 is 11.6 Å². The number of rotatable bonds is 6. The normalized spacial score (nSPS) is 25.4. The molecule has 3 rings (SSSR count). The van der Waals surface area contributed by atoms with E-state index < -0.39 is 30.6 Å². The third-order valence-electron chi connectivity index (χ3n) is 4.48. The molecule has 0 bridgehead atoms. The lowest BCUT2D eigenvalue weighted by molar-refractivity contribution is -0.0291. The van der Waals surface area contributed by atoms with E-state index in [1.807, 2.05) is 41.5 Å². The van der Waals surface area contributed by atoms with Crippen molar-refractivity contribution >= 4 is 28.6 Å². The summed E-state index contributed by atoms with van der Waals surface area (Å²) in [6, 6.07) is -0.218. The van der Waals surface area contributed by atoms with Crippen LogP contribution in [0, 0.1) is 0 Å². The summed E-state index contributed by atoms with van der Waals surface area (Å²) in [4.78, 5) is 12.7. The Morgan fingerprint density at radius 3 is 2.38 bits per heavy atom. The molecule has 0 saturated carbocycles. The fourth-order valence-corrected chi connectivity index (χ4v) is 3.15. The molecule has 29 heavy (non-hydrogen) atoms. The zero-order valence-corrected chi connectivity index (χ0v) is 18.7. The Morgan fingerprint density at radius 2 is 1.83 bits per heavy atom. The molecule has 3 heterocycles. The second-order valence-electron chi connectivity index (χ2n) is 6.16. The van der Waals surface area contributed by atoms with Crippen molar-refractivity contribution in [3.8, 4) is 0 Å². The standard InChI is InChI=1S/C15H22ClN5O4.2C2H6/c1-3-8(22)7(2)20-13-10-14(18-5-17-13)21(6-19-10)15-12(24)11(23)9(4-16)25-15;2*1-2/h5-9,11-12,15,22-24H,3-4H2,1-2H3,(H,17,18,20);2*1-2H3/t7?,8?,9-,11-,12-,15-;;/m1../s1. The predicted octanol–water partition coefficient (Wildman–Crippen LogP) is 2.31. The molecule has 4 N–H and O–H groups in total. The molecular formula is C19H34ClN5O4. The minimum absolute atomic E-state index is 0.0650. The third kappa shape index (κ3) is 5.55. The van der Waals surface area contributed by atoms with Crippen molar-refractivity contribution < 1.29 is 20.1 Å². The van der Waals surface area contributed by atoms with Crippen molar-refractivity contribution in [1.29, 1.82) is 0 Å². The van der Waals surface area contributed by atoms with Gasteiger partial charge < -0.3 is 25.4 Å². The van der Waals surface area contributed by atoms with Crippen molar-refractivity contribution in [2.24, 2.45) is 0 Å². The van der Waals surface area contributed by atoms with Gasteiger partial charge in [-0.25, -0.2) is 15.0 Å². The van der Waals surface area contributed by atoms with Gasteiger partial charge in [-0.05, 0) is 13.3 Å². The van der Waals surface area contributed by atoms with Crippen molar-refractivity contribution in [2.45, 2.75) is 84.6 Å². The number of hydrogen-bond acceptors (Lipinski definition) is 8. The average molecular weight is 432 g/mol. The molecule has 166 valence electrons. The minimum Gasteiger partial charge on any atom is -0.391 e. The third-order valence-corrected chi connectivity index (χ3v) is 4.79. The molecule has 0 amide bonds. The molecule has 1 saturated heterocycles. The van der Waals surface area contributed by atoms with Gasteiger partial charge in [-0.2, -0.15) is 0 Å². The van der Waals surface area contributed by atoms with Crippen LogP contribution in [0.4, 0.5) is 5.82 Å². The van der Waals surface area contributed by atoms with Crippen LogP contribution in [-0.2, 0) is 4.74 Å². The molecule has 0 aromatic carbocycles. The van der Waals surface area contributed by atoms with Crippen molar-refractivity contribution in [1.82, 2.24) is 19.5 Å². The number of imidazole rings is 1. The minimum atomic E-state index is -1.15. The van der Waals surface area contributed by atoms with E-state index in [9.17, 15) is 15.3 Å². The molecule has 2 aromatic rings. The lowest BCUT2D eigenvalue weighted by atomic mass is 10.1. The highest BCUT2D eigenvalue weighted by molar-refractivity contribution is 6.18. The molecule has 1 aliphatic heterocycles. The quantitative estimate of drug-likeness (QED) is 0.513. The molecule has 1 fully saturated rings. The number of ether oxygens (including phenoxy) is 1. The monoisotopic (exact) mass is 431 g/mol. The predicted molar refractivity (Wildman–Crippen MR) is 114 cm³/mol. The second kappa shape index (κ2) is 12.2. The average Bonchev–Trinajstić information content (AvgIpc) is 3.32. The summed E-state index contributed by atoms with van der Waals surface area (Å²) in [7, 11) is 0. The van der Waals surface area contributed by atoms with Crippen molar-refractivity contribution in [3.05, 3.63) is 12.7 Å². The molecule has 6 atom stereocenters. The van der Waals surface area contributed by atoms with Gasteiger partial charge in [-0.15, -0.1) is 11.6 Å². The van der Waals surface area contributed by atoms with Crippen LogP contribution in [0.2, 0.25) is 0 Å². The molecular weight excluding hydrogens is 398 g/mol. The lowest BCUT2D eigenvalue weighted by Crippen LogP contribution is -2.32. The first-order valence-electron chi connectivity index (χ1n) is 10.2. The highest BCUT2D eigenvalue weighted by Gasteiger charge is 2.43. The summed E-state index contributed by atoms with van der Waals surface area (Å²) in [6.45, 7) is 11.7. The number of anilines is 1. The fourth-order valence-electron chi connectivity index (χ4n) is 2.90. The van der Waals surface area contributed by atoms with Gasteiger partial charge in [-0.1, -0.05) is 34.6 Å². The van der Waals surface area contributed by atoms with Gasteiger partial charge >= 0.3 is 0 Å². The Bertz CT molecular complexity index is 732. The van der Waals surface area contributed by atoms with E-state index in [0.717, 1.165) is 0 Å². The summed E-state index contributed by atoms with van der Waals surface area (Å²) in [5.41, 5.74) is 0.930. The number of aromatic nitrogens is 4. The summed E-state index contributed by atoms with van der Waals surface area (Å²) < 4.78 is 7.18. The van der Waals surface area contributed by atoms with Gasteiger partial charge in [0.2, 0.25) is 0 Å². The van der Waals surface area contributed by atoms with Crippen LogP contribution in [0.5, 0.6) is 0 Å². The first-order chi connectivity index (χ1) is 14.0. The summed E-state index contributed by atoms with van der Waals surface area (Å²) in [5, 5.41) is 33.3. The maximum atomic E-state index is 10.2. The number of aliphatic hydroxyl groups is 3. The SMILES string of the molecule is CC.CC.CCC(O)C(C)Nc1ncnc2c1ncn2[C@@H]1O[C@H](CCl)[C@@H](O)[C@H]1O. The smallest absolute Gasteiger partial charge is 0.167 e. The van der Waals surface area contributed by atoms with Crippen LogP contribution < -0.4 is 5.32 Å². The Labute approximate surface area is 177 Å². The molecule has 0 radical (unpaired) electrons. The Balaban J connectivity index is 0.000000989. The molecule has 1 aliphatic rings. The van der Waals surface area contributed by atoms with E-state index in [4.69, 9.17) is 16.3 Å².